The summed E-state index contributed by atoms with van der Waals surface area (Å²) in [5, 5.41) is 0. The van der Waals surface area contributed by atoms with Gasteiger partial charge < -0.3 is 12.6 Å². The van der Waals surface area contributed by atoms with Gasteiger partial charge >= 0.3 is 0 Å². The maximum Gasteiger partial charge on any atom is 0.220 e. The quantitative estimate of drug-likeness (QED) is 0.402. The molecule has 4 heteroatoms. The summed E-state index contributed by atoms with van der Waals surface area (Å²) in [6.07, 6.45) is 13.5. The Morgan fingerprint density at radius 1 is 0.950 bits per heavy atom. The van der Waals surface area contributed by atoms with Crippen LogP contribution in [0.25, 0.3) is 0 Å². The normalized spacial score (nSPS) is 15.8. The van der Waals surface area contributed by atoms with E-state index in [0.717, 1.165) is 4.21 Å². The lowest BCUT2D eigenvalue weighted by atomic mass is 10.1. The summed E-state index contributed by atoms with van der Waals surface area (Å²) in [5.41, 5.74) is 0. The first-order chi connectivity index (χ1) is 9.81. The van der Waals surface area contributed by atoms with Gasteiger partial charge in [0, 0.05) is 12.8 Å². The zero-order valence-corrected chi connectivity index (χ0v) is 15.1. The predicted molar refractivity (Wildman–Crippen MR) is 93.8 cm³/mol. The Bertz CT molecular complexity index is 451. The van der Waals surface area contributed by atoms with Crippen molar-refractivity contribution in [3.05, 3.63) is 8.86 Å². The molecule has 0 radical (unpaired) electrons. The molecule has 0 unspecified atom stereocenters. The molecule has 2 heterocycles. The summed E-state index contributed by atoms with van der Waals surface area (Å²) < 4.78 is 5.18. The van der Waals surface area contributed by atoms with E-state index in [4.69, 9.17) is 12.6 Å². The summed E-state index contributed by atoms with van der Waals surface area (Å²) >= 11 is 9.39. The Hall–Kier alpha value is 0.0700. The molecular formula is C16H27NS3. The van der Waals surface area contributed by atoms with Gasteiger partial charge in [-0.15, -0.1) is 4.21 Å². The van der Waals surface area contributed by atoms with Crippen molar-refractivity contribution in [3.8, 4) is 0 Å². The van der Waals surface area contributed by atoms with Crippen molar-refractivity contribution in [2.24, 2.45) is 0 Å². The molecule has 0 N–H and O–H groups in total. The second-order valence-electron chi connectivity index (χ2n) is 5.75. The van der Waals surface area contributed by atoms with Gasteiger partial charge in [0.25, 0.3) is 0 Å². The minimum Gasteiger partial charge on any atom is -0.427 e. The highest BCUT2D eigenvalue weighted by Crippen LogP contribution is 2.20. The average molecular weight is 330 g/mol. The molecule has 2 rings (SSSR count). The van der Waals surface area contributed by atoms with Crippen LogP contribution in [0.4, 0.5) is 0 Å². The SMILES string of the molecule is CCCCCCCCc1sc(=[N+]2CCCCC2)sc1[S-]. The molecule has 0 aliphatic carbocycles. The minimum absolute atomic E-state index is 1.16. The van der Waals surface area contributed by atoms with E-state index >= 15 is 0 Å². The molecule has 1 aliphatic heterocycles. The smallest absolute Gasteiger partial charge is 0.220 e. The molecule has 1 aromatic heterocycles. The van der Waals surface area contributed by atoms with Gasteiger partial charge in [-0.1, -0.05) is 50.4 Å². The fourth-order valence-electron chi connectivity index (χ4n) is 2.73. The Morgan fingerprint density at radius 2 is 1.65 bits per heavy atom. The fourth-order valence-corrected chi connectivity index (χ4v) is 5.86. The van der Waals surface area contributed by atoms with Crippen LogP contribution in [0.15, 0.2) is 4.21 Å². The lowest BCUT2D eigenvalue weighted by Gasteiger charge is -2.08. The highest BCUT2D eigenvalue weighted by Gasteiger charge is 2.12. The lowest BCUT2D eigenvalue weighted by molar-refractivity contribution is 0.459. The molecule has 20 heavy (non-hydrogen) atoms. The van der Waals surface area contributed by atoms with Crippen molar-refractivity contribution in [1.29, 1.82) is 0 Å². The minimum atomic E-state index is 1.16. The van der Waals surface area contributed by atoms with E-state index in [1.165, 1.54) is 86.2 Å². The number of nitrogens with zero attached hydrogens (tertiary/aromatic N) is 1. The van der Waals surface area contributed by atoms with Crippen molar-refractivity contribution in [2.75, 3.05) is 13.1 Å². The molecule has 1 aromatic rings. The number of rotatable bonds is 7. The van der Waals surface area contributed by atoms with Crippen LogP contribution in [-0.4, -0.2) is 13.1 Å². The van der Waals surface area contributed by atoms with Crippen molar-refractivity contribution in [3.63, 3.8) is 0 Å². The number of hydrogen-bond acceptors (Lipinski definition) is 3. The maximum atomic E-state index is 5.56. The Kier molecular flexibility index (Phi) is 7.53. The van der Waals surface area contributed by atoms with E-state index in [1.54, 1.807) is 0 Å². The highest BCUT2D eigenvalue weighted by atomic mass is 32.2. The molecule has 0 aromatic carbocycles. The summed E-state index contributed by atoms with van der Waals surface area (Å²) in [6.45, 7) is 4.75. The third kappa shape index (κ3) is 5.12. The van der Waals surface area contributed by atoms with Gasteiger partial charge in [0.05, 0.1) is 0 Å². The first-order valence-corrected chi connectivity index (χ1v) is 10.2. The van der Waals surface area contributed by atoms with Gasteiger partial charge in [-0.3, -0.25) is 11.3 Å². The van der Waals surface area contributed by atoms with Crippen LogP contribution in [0.3, 0.4) is 0 Å². The van der Waals surface area contributed by atoms with Crippen LogP contribution in [0.2, 0.25) is 0 Å². The molecule has 0 saturated carbocycles. The molecule has 114 valence electrons. The van der Waals surface area contributed by atoms with Crippen LogP contribution in [-0.2, 0) is 19.0 Å². The molecule has 0 amide bonds. The summed E-state index contributed by atoms with van der Waals surface area (Å²) in [4.78, 5) is 1.47. The standard InChI is InChI=1S/C16H27NS3/c1-2-3-4-5-6-8-11-14-15(18)20-16(19-14)17-12-9-7-10-13-17/h2-13H2,1H3. The van der Waals surface area contributed by atoms with Crippen LogP contribution >= 0.6 is 22.7 Å². The zero-order chi connectivity index (χ0) is 14.2. The molecular weight excluding hydrogens is 302 g/mol. The first kappa shape index (κ1) is 16.4. The van der Waals surface area contributed by atoms with E-state index in [9.17, 15) is 0 Å². The summed E-state index contributed by atoms with van der Waals surface area (Å²) in [5.74, 6) is 0. The van der Waals surface area contributed by atoms with Crippen molar-refractivity contribution in [2.45, 2.75) is 75.3 Å². The number of hydrogen-bond donors (Lipinski definition) is 0. The van der Waals surface area contributed by atoms with Gasteiger partial charge in [-0.05, 0) is 24.1 Å². The Morgan fingerprint density at radius 3 is 2.40 bits per heavy atom. The third-order valence-electron chi connectivity index (χ3n) is 3.99. The topological polar surface area (TPSA) is 3.01 Å². The largest absolute Gasteiger partial charge is 0.427 e. The van der Waals surface area contributed by atoms with Crippen molar-refractivity contribution >= 4 is 35.3 Å². The van der Waals surface area contributed by atoms with E-state index in [2.05, 4.69) is 11.5 Å². The molecule has 0 atom stereocenters. The predicted octanol–water partition coefficient (Wildman–Crippen LogP) is 4.57. The van der Waals surface area contributed by atoms with Gasteiger partial charge in [0.15, 0.2) is 0 Å². The Labute approximate surface area is 137 Å². The third-order valence-corrected chi connectivity index (χ3v) is 7.20. The van der Waals surface area contributed by atoms with E-state index in [1.807, 2.05) is 22.7 Å². The number of aryl methyl sites for hydroxylation is 1. The first-order valence-electron chi connectivity index (χ1n) is 8.19. The molecule has 1 saturated heterocycles. The van der Waals surface area contributed by atoms with Crippen molar-refractivity contribution < 1.29 is 0 Å². The molecule has 1 fully saturated rings. The second kappa shape index (κ2) is 9.16. The van der Waals surface area contributed by atoms with Crippen molar-refractivity contribution in [1.82, 2.24) is 4.58 Å². The monoisotopic (exact) mass is 329 g/mol. The van der Waals surface area contributed by atoms with E-state index < -0.39 is 0 Å². The fraction of sp³-hybridized carbons (Fsp3) is 0.812. The van der Waals surface area contributed by atoms with Crippen LogP contribution in [0.1, 0.15) is 69.6 Å². The summed E-state index contributed by atoms with van der Waals surface area (Å²) in [7, 11) is 0. The van der Waals surface area contributed by atoms with Gasteiger partial charge in [0.2, 0.25) is 3.98 Å². The van der Waals surface area contributed by atoms with Crippen LogP contribution in [0.5, 0.6) is 0 Å². The lowest BCUT2D eigenvalue weighted by Crippen LogP contribution is -2.31. The number of piperidine rings is 1. The Balaban J connectivity index is 1.85. The molecule has 1 aliphatic rings. The summed E-state index contributed by atoms with van der Waals surface area (Å²) in [6, 6.07) is 0. The average Bonchev–Trinajstić information content (AvgIpc) is 2.85. The molecule has 0 bridgehead atoms. The maximum absolute atomic E-state index is 5.56. The molecule has 1 nitrogen and oxygen atoms in total. The van der Waals surface area contributed by atoms with Gasteiger partial charge in [-0.25, -0.2) is 4.58 Å². The van der Waals surface area contributed by atoms with Gasteiger partial charge in [-0.2, -0.15) is 0 Å². The zero-order valence-electron chi connectivity index (χ0n) is 12.7. The second-order valence-corrected chi connectivity index (χ2v) is 8.75. The van der Waals surface area contributed by atoms with E-state index in [-0.39, 0.29) is 0 Å². The van der Waals surface area contributed by atoms with Gasteiger partial charge in [0.1, 0.15) is 13.1 Å². The van der Waals surface area contributed by atoms with E-state index in [0.29, 0.717) is 0 Å². The number of unbranched alkanes of at least 4 members (excludes halogenated alkanes) is 5. The highest BCUT2D eigenvalue weighted by molar-refractivity contribution is 7.63. The van der Waals surface area contributed by atoms with Crippen LogP contribution < -0.4 is 8.56 Å². The van der Waals surface area contributed by atoms with Crippen LogP contribution in [0, 0.1) is 0 Å². The molecule has 0 spiro atoms.